The molecule has 0 aliphatic carbocycles. The number of nitrogens with zero attached hydrogens (tertiary/aromatic N) is 1. The molecule has 1 unspecified atom stereocenters. The number of aromatic nitrogens is 1. The molecule has 1 aromatic rings. The van der Waals surface area contributed by atoms with Gasteiger partial charge in [0.15, 0.2) is 0 Å². The van der Waals surface area contributed by atoms with Crippen LogP contribution in [0.15, 0.2) is 5.38 Å². The smallest absolute Gasteiger partial charge is 0.0944 e. The van der Waals surface area contributed by atoms with Crippen LogP contribution in [0.25, 0.3) is 0 Å². The molecule has 4 heteroatoms. The van der Waals surface area contributed by atoms with Gasteiger partial charge in [-0.3, -0.25) is 11.3 Å². The minimum absolute atomic E-state index is 0.139. The molecule has 1 atom stereocenters. The fourth-order valence-electron chi connectivity index (χ4n) is 2.38. The zero-order valence-electron chi connectivity index (χ0n) is 14.2. The second-order valence-corrected chi connectivity index (χ2v) is 7.94. The van der Waals surface area contributed by atoms with Gasteiger partial charge >= 0.3 is 0 Å². The highest BCUT2D eigenvalue weighted by molar-refractivity contribution is 7.09. The molecule has 0 spiro atoms. The van der Waals surface area contributed by atoms with Crippen molar-refractivity contribution >= 4 is 11.3 Å². The monoisotopic (exact) mass is 311 g/mol. The van der Waals surface area contributed by atoms with Crippen LogP contribution in [0.2, 0.25) is 0 Å². The van der Waals surface area contributed by atoms with Gasteiger partial charge in [-0.25, -0.2) is 4.98 Å². The first-order valence-corrected chi connectivity index (χ1v) is 9.26. The van der Waals surface area contributed by atoms with Crippen LogP contribution >= 0.6 is 11.3 Å². The maximum atomic E-state index is 5.70. The highest BCUT2D eigenvalue weighted by Gasteiger charge is 2.18. The summed E-state index contributed by atoms with van der Waals surface area (Å²) in [5, 5.41) is 3.39. The molecule has 0 fully saturated rings. The van der Waals surface area contributed by atoms with Gasteiger partial charge in [0, 0.05) is 23.3 Å². The Morgan fingerprint density at radius 1 is 1.19 bits per heavy atom. The lowest BCUT2D eigenvalue weighted by Gasteiger charge is -2.16. The Balaban J connectivity index is 2.31. The summed E-state index contributed by atoms with van der Waals surface area (Å²) in [4.78, 5) is 4.76. The molecule has 0 saturated heterocycles. The Labute approximate surface area is 134 Å². The molecule has 0 radical (unpaired) electrons. The van der Waals surface area contributed by atoms with Crippen LogP contribution in [0.4, 0.5) is 0 Å². The Bertz CT molecular complexity index is 382. The standard InChI is InChI=1S/C17H33N3S/c1-5-6-7-8-9-10-11-14(20-18)12-16-19-15(13-21-16)17(2,3)4/h13-14,20H,5-12,18H2,1-4H3. The number of hydrogen-bond acceptors (Lipinski definition) is 4. The Morgan fingerprint density at radius 2 is 1.86 bits per heavy atom. The van der Waals surface area contributed by atoms with Gasteiger partial charge in [-0.1, -0.05) is 66.2 Å². The van der Waals surface area contributed by atoms with Crippen molar-refractivity contribution in [3.05, 3.63) is 16.1 Å². The highest BCUT2D eigenvalue weighted by Crippen LogP contribution is 2.24. The van der Waals surface area contributed by atoms with Gasteiger partial charge in [-0.2, -0.15) is 0 Å². The molecule has 1 aromatic heterocycles. The lowest BCUT2D eigenvalue weighted by molar-refractivity contribution is 0.457. The average molecular weight is 312 g/mol. The minimum Gasteiger partial charge on any atom is -0.271 e. The van der Waals surface area contributed by atoms with Crippen molar-refractivity contribution in [3.8, 4) is 0 Å². The summed E-state index contributed by atoms with van der Waals surface area (Å²) in [6, 6.07) is 0.357. The molecule has 1 rings (SSSR count). The van der Waals surface area contributed by atoms with Gasteiger partial charge in [-0.15, -0.1) is 11.3 Å². The van der Waals surface area contributed by atoms with Crippen molar-refractivity contribution < 1.29 is 0 Å². The van der Waals surface area contributed by atoms with Crippen LogP contribution in [-0.2, 0) is 11.8 Å². The molecule has 3 nitrogen and oxygen atoms in total. The lowest BCUT2D eigenvalue weighted by atomic mass is 9.93. The molecule has 1 heterocycles. The van der Waals surface area contributed by atoms with Gasteiger partial charge in [0.05, 0.1) is 10.7 Å². The van der Waals surface area contributed by atoms with E-state index in [2.05, 4.69) is 38.5 Å². The first kappa shape index (κ1) is 18.6. The van der Waals surface area contributed by atoms with Crippen LogP contribution in [0, 0.1) is 0 Å². The van der Waals surface area contributed by atoms with E-state index in [1.165, 1.54) is 49.2 Å². The number of nitrogens with one attached hydrogen (secondary N) is 1. The van der Waals surface area contributed by atoms with Gasteiger partial charge in [0.25, 0.3) is 0 Å². The third-order valence-electron chi connectivity index (χ3n) is 3.88. The van der Waals surface area contributed by atoms with Crippen LogP contribution in [0.3, 0.4) is 0 Å². The van der Waals surface area contributed by atoms with Crippen LogP contribution in [0.1, 0.15) is 83.3 Å². The Hall–Kier alpha value is -0.450. The summed E-state index contributed by atoms with van der Waals surface area (Å²) in [6.07, 6.45) is 10.1. The van der Waals surface area contributed by atoms with E-state index in [9.17, 15) is 0 Å². The highest BCUT2D eigenvalue weighted by atomic mass is 32.1. The SMILES string of the molecule is CCCCCCCCC(Cc1nc(C(C)(C)C)cs1)NN. The molecular weight excluding hydrogens is 278 g/mol. The second kappa shape index (κ2) is 9.54. The molecule has 0 aliphatic rings. The largest absolute Gasteiger partial charge is 0.271 e. The summed E-state index contributed by atoms with van der Waals surface area (Å²) in [5.41, 5.74) is 4.30. The van der Waals surface area contributed by atoms with Gasteiger partial charge in [0.2, 0.25) is 0 Å². The van der Waals surface area contributed by atoms with E-state index >= 15 is 0 Å². The van der Waals surface area contributed by atoms with E-state index in [1.54, 1.807) is 11.3 Å². The number of hydrazine groups is 1. The average Bonchev–Trinajstić information content (AvgIpc) is 2.90. The molecule has 0 aromatic carbocycles. The Kier molecular flexibility index (Phi) is 8.45. The third kappa shape index (κ3) is 7.39. The predicted molar refractivity (Wildman–Crippen MR) is 93.6 cm³/mol. The molecule has 0 aliphatic heterocycles. The summed E-state index contributed by atoms with van der Waals surface area (Å²) in [5.74, 6) is 5.70. The summed E-state index contributed by atoms with van der Waals surface area (Å²) < 4.78 is 0. The van der Waals surface area contributed by atoms with Crippen molar-refractivity contribution in [2.45, 2.75) is 90.5 Å². The van der Waals surface area contributed by atoms with E-state index in [1.807, 2.05) is 0 Å². The number of hydrogen-bond donors (Lipinski definition) is 2. The fourth-order valence-corrected chi connectivity index (χ4v) is 3.48. The van der Waals surface area contributed by atoms with Crippen LogP contribution < -0.4 is 11.3 Å². The van der Waals surface area contributed by atoms with E-state index in [0.29, 0.717) is 6.04 Å². The lowest BCUT2D eigenvalue weighted by Crippen LogP contribution is -2.36. The van der Waals surface area contributed by atoms with Gasteiger partial charge in [-0.05, 0) is 6.42 Å². The molecule has 122 valence electrons. The number of thiazole rings is 1. The maximum Gasteiger partial charge on any atom is 0.0944 e. The van der Waals surface area contributed by atoms with Crippen molar-refractivity contribution in [1.82, 2.24) is 10.4 Å². The molecule has 0 bridgehead atoms. The molecule has 0 saturated carbocycles. The summed E-state index contributed by atoms with van der Waals surface area (Å²) in [7, 11) is 0. The van der Waals surface area contributed by atoms with E-state index < -0.39 is 0 Å². The molecular formula is C17H33N3S. The minimum atomic E-state index is 0.139. The topological polar surface area (TPSA) is 50.9 Å². The van der Waals surface area contributed by atoms with Crippen molar-refractivity contribution in [2.24, 2.45) is 5.84 Å². The molecule has 21 heavy (non-hydrogen) atoms. The summed E-state index contributed by atoms with van der Waals surface area (Å²) >= 11 is 1.76. The van der Waals surface area contributed by atoms with E-state index in [0.717, 1.165) is 12.8 Å². The molecule has 3 N–H and O–H groups in total. The van der Waals surface area contributed by atoms with Crippen molar-refractivity contribution in [2.75, 3.05) is 0 Å². The van der Waals surface area contributed by atoms with Gasteiger partial charge in [0.1, 0.15) is 0 Å². The molecule has 0 amide bonds. The van der Waals surface area contributed by atoms with Crippen molar-refractivity contribution in [3.63, 3.8) is 0 Å². The van der Waals surface area contributed by atoms with E-state index in [-0.39, 0.29) is 5.41 Å². The van der Waals surface area contributed by atoms with Crippen LogP contribution in [0.5, 0.6) is 0 Å². The zero-order chi connectivity index (χ0) is 15.7. The number of unbranched alkanes of at least 4 members (excludes halogenated alkanes) is 5. The first-order chi connectivity index (χ1) is 9.97. The quantitative estimate of drug-likeness (QED) is 0.378. The van der Waals surface area contributed by atoms with E-state index in [4.69, 9.17) is 10.8 Å². The number of nitrogens with two attached hydrogens (primary N) is 1. The Morgan fingerprint density at radius 3 is 2.43 bits per heavy atom. The zero-order valence-corrected chi connectivity index (χ0v) is 15.1. The predicted octanol–water partition coefficient (Wildman–Crippen LogP) is 4.57. The first-order valence-electron chi connectivity index (χ1n) is 8.38. The maximum absolute atomic E-state index is 5.70. The normalized spacial score (nSPS) is 13.6. The third-order valence-corrected chi connectivity index (χ3v) is 4.75. The summed E-state index contributed by atoms with van der Waals surface area (Å²) in [6.45, 7) is 8.89. The van der Waals surface area contributed by atoms with Crippen LogP contribution in [-0.4, -0.2) is 11.0 Å². The van der Waals surface area contributed by atoms with Crippen molar-refractivity contribution in [1.29, 1.82) is 0 Å². The number of rotatable bonds is 10. The fraction of sp³-hybridized carbons (Fsp3) is 0.824. The second-order valence-electron chi connectivity index (χ2n) is 7.00. The van der Waals surface area contributed by atoms with Gasteiger partial charge < -0.3 is 0 Å².